The van der Waals surface area contributed by atoms with Gasteiger partial charge in [0.2, 0.25) is 0 Å². The van der Waals surface area contributed by atoms with E-state index in [1.807, 2.05) is 24.8 Å². The number of H-pyrrole nitrogens is 1. The monoisotopic (exact) mass is 387 g/mol. The maximum Gasteiger partial charge on any atom is 0.120 e. The third-order valence-electron chi connectivity index (χ3n) is 6.74. The Labute approximate surface area is 172 Å². The quantitative estimate of drug-likeness (QED) is 0.675. The first-order valence-electron chi connectivity index (χ1n) is 10.6. The molecule has 2 aromatic heterocycles. The second kappa shape index (κ2) is 8.09. The second-order valence-electron chi connectivity index (χ2n) is 8.78. The smallest absolute Gasteiger partial charge is 0.120 e. The van der Waals surface area contributed by atoms with Crippen LogP contribution in [0.2, 0.25) is 0 Å². The van der Waals surface area contributed by atoms with Gasteiger partial charge in [-0.2, -0.15) is 0 Å². The molecule has 1 N–H and O–H groups in total. The molecule has 3 aromatic rings. The molecule has 2 atom stereocenters. The lowest BCUT2D eigenvalue weighted by atomic mass is 9.76. The van der Waals surface area contributed by atoms with Crippen LogP contribution in [0.15, 0.2) is 67.3 Å². The van der Waals surface area contributed by atoms with Gasteiger partial charge in [-0.3, -0.25) is 14.8 Å². The van der Waals surface area contributed by atoms with Gasteiger partial charge in [-0.15, -0.1) is 0 Å². The fourth-order valence-electron chi connectivity index (χ4n) is 5.38. The standard InChI is InChI=1S/C24H29N5/c1-2-4-20(5-3-1)6-9-24-18-28(14-21-7-10-25-11-8-21)15-22(24)16-29(19-24)17-23-26-12-13-27-23/h1-5,7-8,10-13,22H,6,9,14-19H2,(H,26,27). The van der Waals surface area contributed by atoms with Crippen molar-refractivity contribution >= 4 is 0 Å². The van der Waals surface area contributed by atoms with E-state index in [0.29, 0.717) is 5.41 Å². The fraction of sp³-hybridized carbons (Fsp3) is 0.417. The molecule has 2 aliphatic heterocycles. The van der Waals surface area contributed by atoms with Crippen molar-refractivity contribution in [1.29, 1.82) is 0 Å². The predicted octanol–water partition coefficient (Wildman–Crippen LogP) is 3.37. The summed E-state index contributed by atoms with van der Waals surface area (Å²) < 4.78 is 0. The van der Waals surface area contributed by atoms with E-state index in [4.69, 9.17) is 0 Å². The van der Waals surface area contributed by atoms with Crippen LogP contribution < -0.4 is 0 Å². The lowest BCUT2D eigenvalue weighted by Gasteiger charge is -2.30. The molecule has 2 fully saturated rings. The van der Waals surface area contributed by atoms with Crippen LogP contribution in [0.25, 0.3) is 0 Å². The van der Waals surface area contributed by atoms with E-state index in [0.717, 1.165) is 37.8 Å². The molecule has 0 amide bonds. The summed E-state index contributed by atoms with van der Waals surface area (Å²) in [5.74, 6) is 1.81. The highest BCUT2D eigenvalue weighted by Crippen LogP contribution is 2.46. The molecular weight excluding hydrogens is 358 g/mol. The number of likely N-dealkylation sites (tertiary alicyclic amines) is 2. The summed E-state index contributed by atoms with van der Waals surface area (Å²) in [6.07, 6.45) is 10.0. The number of fused-ring (bicyclic) bond motifs is 1. The fourth-order valence-corrected chi connectivity index (χ4v) is 5.38. The Bertz CT molecular complexity index is 896. The van der Waals surface area contributed by atoms with Gasteiger partial charge in [0, 0.05) is 62.9 Å². The molecule has 0 bridgehead atoms. The Kier molecular flexibility index (Phi) is 5.17. The predicted molar refractivity (Wildman–Crippen MR) is 114 cm³/mol. The minimum absolute atomic E-state index is 0.371. The lowest BCUT2D eigenvalue weighted by molar-refractivity contribution is 0.193. The molecule has 0 aliphatic carbocycles. The van der Waals surface area contributed by atoms with Gasteiger partial charge in [-0.1, -0.05) is 30.3 Å². The molecule has 1 aromatic carbocycles. The van der Waals surface area contributed by atoms with Gasteiger partial charge in [-0.05, 0) is 42.0 Å². The zero-order chi connectivity index (χ0) is 19.5. The van der Waals surface area contributed by atoms with Gasteiger partial charge in [0.1, 0.15) is 5.82 Å². The van der Waals surface area contributed by atoms with Gasteiger partial charge >= 0.3 is 0 Å². The van der Waals surface area contributed by atoms with Gasteiger partial charge in [-0.25, -0.2) is 4.98 Å². The highest BCUT2D eigenvalue weighted by Gasteiger charge is 2.51. The zero-order valence-corrected chi connectivity index (χ0v) is 16.9. The SMILES string of the molecule is c1ccc(CCC23CN(Cc4ccncc4)CC2CN(Cc2ncc[nH]2)C3)cc1. The number of benzene rings is 1. The van der Waals surface area contributed by atoms with Gasteiger partial charge < -0.3 is 4.98 Å². The molecular formula is C24H29N5. The van der Waals surface area contributed by atoms with Crippen LogP contribution in [0.3, 0.4) is 0 Å². The number of imidazole rings is 1. The van der Waals surface area contributed by atoms with E-state index in [2.05, 4.69) is 67.2 Å². The number of nitrogens with zero attached hydrogens (tertiary/aromatic N) is 4. The van der Waals surface area contributed by atoms with E-state index in [9.17, 15) is 0 Å². The van der Waals surface area contributed by atoms with Crippen molar-refractivity contribution in [2.45, 2.75) is 25.9 Å². The van der Waals surface area contributed by atoms with Gasteiger partial charge in [0.15, 0.2) is 0 Å². The highest BCUT2D eigenvalue weighted by molar-refractivity contribution is 5.17. The van der Waals surface area contributed by atoms with Crippen LogP contribution in [-0.4, -0.2) is 50.9 Å². The molecule has 4 heterocycles. The van der Waals surface area contributed by atoms with Crippen LogP contribution in [0.1, 0.15) is 23.4 Å². The largest absolute Gasteiger partial charge is 0.348 e. The molecule has 0 radical (unpaired) electrons. The topological polar surface area (TPSA) is 48.1 Å². The summed E-state index contributed by atoms with van der Waals surface area (Å²) in [5.41, 5.74) is 3.19. The molecule has 29 heavy (non-hydrogen) atoms. The molecule has 0 saturated carbocycles. The van der Waals surface area contributed by atoms with Crippen LogP contribution in [0.5, 0.6) is 0 Å². The van der Waals surface area contributed by atoms with Crippen molar-refractivity contribution in [3.63, 3.8) is 0 Å². The van der Waals surface area contributed by atoms with Crippen LogP contribution in [0, 0.1) is 11.3 Å². The van der Waals surface area contributed by atoms with E-state index < -0.39 is 0 Å². The van der Waals surface area contributed by atoms with Crippen LogP contribution in [-0.2, 0) is 19.5 Å². The Hall–Kier alpha value is -2.50. The minimum Gasteiger partial charge on any atom is -0.348 e. The van der Waals surface area contributed by atoms with Crippen molar-refractivity contribution in [3.8, 4) is 0 Å². The number of nitrogens with one attached hydrogen (secondary N) is 1. The van der Waals surface area contributed by atoms with Gasteiger partial charge in [0.25, 0.3) is 0 Å². The summed E-state index contributed by atoms with van der Waals surface area (Å²) in [6, 6.07) is 15.3. The Balaban J connectivity index is 1.30. The molecule has 5 heteroatoms. The van der Waals surface area contributed by atoms with Crippen LogP contribution >= 0.6 is 0 Å². The maximum atomic E-state index is 4.45. The van der Waals surface area contributed by atoms with Gasteiger partial charge in [0.05, 0.1) is 6.54 Å². The lowest BCUT2D eigenvalue weighted by Crippen LogP contribution is -2.34. The normalized spacial score (nSPS) is 24.8. The Morgan fingerprint density at radius 1 is 0.897 bits per heavy atom. The average molecular weight is 388 g/mol. The highest BCUT2D eigenvalue weighted by atomic mass is 15.3. The number of aryl methyl sites for hydroxylation is 1. The number of aromatic nitrogens is 3. The van der Waals surface area contributed by atoms with E-state index in [1.54, 1.807) is 0 Å². The summed E-state index contributed by atoms with van der Waals surface area (Å²) >= 11 is 0. The van der Waals surface area contributed by atoms with Crippen molar-refractivity contribution in [1.82, 2.24) is 24.8 Å². The van der Waals surface area contributed by atoms with Crippen molar-refractivity contribution in [2.24, 2.45) is 11.3 Å². The number of aromatic amines is 1. The van der Waals surface area contributed by atoms with Crippen LogP contribution in [0.4, 0.5) is 0 Å². The molecule has 2 aliphatic rings. The van der Waals surface area contributed by atoms with Crippen molar-refractivity contribution < 1.29 is 0 Å². The van der Waals surface area contributed by atoms with Crippen molar-refractivity contribution in [2.75, 3.05) is 26.2 Å². The molecule has 2 saturated heterocycles. The third kappa shape index (κ3) is 4.11. The number of pyridine rings is 1. The average Bonchev–Trinajstić information content (AvgIpc) is 3.44. The first-order chi connectivity index (χ1) is 14.3. The summed E-state index contributed by atoms with van der Waals surface area (Å²) in [6.45, 7) is 6.67. The van der Waals surface area contributed by atoms with E-state index in [-0.39, 0.29) is 0 Å². The Morgan fingerprint density at radius 2 is 1.66 bits per heavy atom. The summed E-state index contributed by atoms with van der Waals surface area (Å²) in [5, 5.41) is 0. The number of hydrogen-bond donors (Lipinski definition) is 1. The maximum absolute atomic E-state index is 4.45. The molecule has 2 unspecified atom stereocenters. The summed E-state index contributed by atoms with van der Waals surface area (Å²) in [4.78, 5) is 17.2. The second-order valence-corrected chi connectivity index (χ2v) is 8.78. The zero-order valence-electron chi connectivity index (χ0n) is 16.9. The first-order valence-corrected chi connectivity index (χ1v) is 10.6. The number of hydrogen-bond acceptors (Lipinski definition) is 4. The van der Waals surface area contributed by atoms with Crippen molar-refractivity contribution in [3.05, 3.63) is 84.2 Å². The first kappa shape index (κ1) is 18.5. The minimum atomic E-state index is 0.371. The molecule has 150 valence electrons. The van der Waals surface area contributed by atoms with E-state index in [1.165, 1.54) is 37.2 Å². The molecule has 5 rings (SSSR count). The Morgan fingerprint density at radius 3 is 2.38 bits per heavy atom. The summed E-state index contributed by atoms with van der Waals surface area (Å²) in [7, 11) is 0. The molecule has 5 nitrogen and oxygen atoms in total. The number of rotatable bonds is 7. The third-order valence-corrected chi connectivity index (χ3v) is 6.74. The van der Waals surface area contributed by atoms with E-state index >= 15 is 0 Å². The molecule has 0 spiro atoms.